The first-order chi connectivity index (χ1) is 6.81. The molecule has 2 rings (SSSR count). The van der Waals surface area contributed by atoms with Crippen LogP contribution in [0.5, 0.6) is 0 Å². The third-order valence-corrected chi connectivity index (χ3v) is 3.39. The zero-order valence-electron chi connectivity index (χ0n) is 9.03. The molecule has 1 aliphatic rings. The molecule has 0 aliphatic carbocycles. The van der Waals surface area contributed by atoms with Gasteiger partial charge in [-0.15, -0.1) is 0 Å². The number of H-pyrrole nitrogens is 1. The van der Waals surface area contributed by atoms with Gasteiger partial charge in [-0.25, -0.2) is 4.98 Å². The maximum absolute atomic E-state index is 4.36. The molecule has 0 radical (unpaired) electrons. The second-order valence-electron chi connectivity index (χ2n) is 4.27. The van der Waals surface area contributed by atoms with Gasteiger partial charge in [0.25, 0.3) is 0 Å². The van der Waals surface area contributed by atoms with Gasteiger partial charge in [0, 0.05) is 12.4 Å². The molecule has 1 fully saturated rings. The summed E-state index contributed by atoms with van der Waals surface area (Å²) in [5.74, 6) is 2.01. The van der Waals surface area contributed by atoms with E-state index in [1.807, 2.05) is 12.4 Å². The highest BCUT2D eigenvalue weighted by molar-refractivity contribution is 4.98. The van der Waals surface area contributed by atoms with Crippen molar-refractivity contribution >= 4 is 0 Å². The van der Waals surface area contributed by atoms with Crippen LogP contribution in [-0.2, 0) is 0 Å². The fourth-order valence-electron chi connectivity index (χ4n) is 2.31. The van der Waals surface area contributed by atoms with E-state index in [4.69, 9.17) is 0 Å². The SMILES string of the molecule is CCC1CCN(C)C(c2ncc[nH]2)C1. The van der Waals surface area contributed by atoms with Crippen LogP contribution in [0.15, 0.2) is 12.4 Å². The molecule has 14 heavy (non-hydrogen) atoms. The van der Waals surface area contributed by atoms with E-state index < -0.39 is 0 Å². The molecule has 0 aromatic carbocycles. The van der Waals surface area contributed by atoms with Crippen molar-refractivity contribution in [3.05, 3.63) is 18.2 Å². The lowest BCUT2D eigenvalue weighted by molar-refractivity contribution is 0.134. The van der Waals surface area contributed by atoms with Crippen molar-refractivity contribution in [3.63, 3.8) is 0 Å². The van der Waals surface area contributed by atoms with E-state index in [1.165, 1.54) is 25.8 Å². The smallest absolute Gasteiger partial charge is 0.123 e. The zero-order chi connectivity index (χ0) is 9.97. The standard InChI is InChI=1S/C11H19N3/c1-3-9-4-7-14(2)10(8-9)11-12-5-6-13-11/h5-6,9-10H,3-4,7-8H2,1-2H3,(H,12,13). The molecule has 1 N–H and O–H groups in total. The highest BCUT2D eigenvalue weighted by atomic mass is 15.2. The summed E-state index contributed by atoms with van der Waals surface area (Å²) in [4.78, 5) is 10.00. The molecule has 0 saturated carbocycles. The average molecular weight is 193 g/mol. The monoisotopic (exact) mass is 193 g/mol. The molecule has 0 amide bonds. The van der Waals surface area contributed by atoms with Crippen LogP contribution in [0.2, 0.25) is 0 Å². The van der Waals surface area contributed by atoms with Gasteiger partial charge in [-0.3, -0.25) is 4.90 Å². The van der Waals surface area contributed by atoms with Crippen molar-refractivity contribution in [2.45, 2.75) is 32.2 Å². The molecule has 1 saturated heterocycles. The number of aromatic nitrogens is 2. The Morgan fingerprint density at radius 1 is 1.64 bits per heavy atom. The van der Waals surface area contributed by atoms with Crippen molar-refractivity contribution in [3.8, 4) is 0 Å². The Morgan fingerprint density at radius 2 is 2.50 bits per heavy atom. The summed E-state index contributed by atoms with van der Waals surface area (Å²) in [6.07, 6.45) is 7.65. The van der Waals surface area contributed by atoms with Gasteiger partial charge in [0.05, 0.1) is 6.04 Å². The number of imidazole rings is 1. The van der Waals surface area contributed by atoms with Gasteiger partial charge in [0.15, 0.2) is 0 Å². The molecule has 3 nitrogen and oxygen atoms in total. The maximum atomic E-state index is 4.36. The first-order valence-electron chi connectivity index (χ1n) is 5.50. The first kappa shape index (κ1) is 9.71. The summed E-state index contributed by atoms with van der Waals surface area (Å²) >= 11 is 0. The van der Waals surface area contributed by atoms with E-state index in [1.54, 1.807) is 0 Å². The number of hydrogen-bond donors (Lipinski definition) is 1. The van der Waals surface area contributed by atoms with Crippen LogP contribution in [0.3, 0.4) is 0 Å². The molecule has 0 bridgehead atoms. The Morgan fingerprint density at radius 3 is 3.14 bits per heavy atom. The minimum atomic E-state index is 0.503. The van der Waals surface area contributed by atoms with Crippen LogP contribution in [0, 0.1) is 5.92 Å². The number of hydrogen-bond acceptors (Lipinski definition) is 2. The van der Waals surface area contributed by atoms with Gasteiger partial charge in [-0.1, -0.05) is 13.3 Å². The molecular weight excluding hydrogens is 174 g/mol. The van der Waals surface area contributed by atoms with Gasteiger partial charge in [0.1, 0.15) is 5.82 Å². The van der Waals surface area contributed by atoms with Crippen molar-refractivity contribution in [2.24, 2.45) is 5.92 Å². The van der Waals surface area contributed by atoms with Crippen LogP contribution >= 0.6 is 0 Å². The lowest BCUT2D eigenvalue weighted by Crippen LogP contribution is -2.34. The third-order valence-electron chi connectivity index (χ3n) is 3.39. The van der Waals surface area contributed by atoms with Gasteiger partial charge < -0.3 is 4.98 Å². The number of nitrogens with zero attached hydrogens (tertiary/aromatic N) is 2. The van der Waals surface area contributed by atoms with E-state index in [-0.39, 0.29) is 0 Å². The van der Waals surface area contributed by atoms with E-state index >= 15 is 0 Å². The predicted octanol–water partition coefficient (Wildman–Crippen LogP) is 2.20. The fourth-order valence-corrected chi connectivity index (χ4v) is 2.31. The second kappa shape index (κ2) is 4.13. The first-order valence-corrected chi connectivity index (χ1v) is 5.50. The summed E-state index contributed by atoms with van der Waals surface area (Å²) in [5, 5.41) is 0. The van der Waals surface area contributed by atoms with Gasteiger partial charge >= 0.3 is 0 Å². The molecule has 2 heterocycles. The number of rotatable bonds is 2. The molecule has 2 atom stereocenters. The molecular formula is C11H19N3. The molecule has 1 aliphatic heterocycles. The summed E-state index contributed by atoms with van der Waals surface area (Å²) in [6, 6.07) is 0.503. The summed E-state index contributed by atoms with van der Waals surface area (Å²) in [7, 11) is 2.19. The van der Waals surface area contributed by atoms with Crippen LogP contribution in [-0.4, -0.2) is 28.5 Å². The Bertz CT molecular complexity index is 268. The molecule has 78 valence electrons. The predicted molar refractivity (Wildman–Crippen MR) is 57.0 cm³/mol. The van der Waals surface area contributed by atoms with Crippen LogP contribution in [0.1, 0.15) is 38.1 Å². The quantitative estimate of drug-likeness (QED) is 0.781. The van der Waals surface area contributed by atoms with Crippen LogP contribution < -0.4 is 0 Å². The molecule has 1 aromatic heterocycles. The summed E-state index contributed by atoms with van der Waals surface area (Å²) in [5.41, 5.74) is 0. The van der Waals surface area contributed by atoms with Crippen LogP contribution in [0.25, 0.3) is 0 Å². The number of likely N-dealkylation sites (tertiary alicyclic amines) is 1. The number of piperidine rings is 1. The van der Waals surface area contributed by atoms with Crippen molar-refractivity contribution < 1.29 is 0 Å². The van der Waals surface area contributed by atoms with Crippen molar-refractivity contribution in [2.75, 3.05) is 13.6 Å². The molecule has 3 heteroatoms. The molecule has 2 unspecified atom stereocenters. The zero-order valence-corrected chi connectivity index (χ0v) is 9.03. The summed E-state index contributed by atoms with van der Waals surface area (Å²) in [6.45, 7) is 3.49. The minimum Gasteiger partial charge on any atom is -0.347 e. The fraction of sp³-hybridized carbons (Fsp3) is 0.727. The maximum Gasteiger partial charge on any atom is 0.123 e. The second-order valence-corrected chi connectivity index (χ2v) is 4.27. The average Bonchev–Trinajstić information content (AvgIpc) is 2.71. The molecule has 0 spiro atoms. The van der Waals surface area contributed by atoms with E-state index in [0.717, 1.165) is 11.7 Å². The van der Waals surface area contributed by atoms with E-state index in [2.05, 4.69) is 28.8 Å². The van der Waals surface area contributed by atoms with Gasteiger partial charge in [-0.05, 0) is 32.4 Å². The largest absolute Gasteiger partial charge is 0.347 e. The Balaban J connectivity index is 2.09. The Hall–Kier alpha value is -0.830. The minimum absolute atomic E-state index is 0.503. The van der Waals surface area contributed by atoms with Crippen molar-refractivity contribution in [1.29, 1.82) is 0 Å². The van der Waals surface area contributed by atoms with E-state index in [9.17, 15) is 0 Å². The van der Waals surface area contributed by atoms with Gasteiger partial charge in [0.2, 0.25) is 0 Å². The van der Waals surface area contributed by atoms with Crippen molar-refractivity contribution in [1.82, 2.24) is 14.9 Å². The molecule has 1 aromatic rings. The topological polar surface area (TPSA) is 31.9 Å². The van der Waals surface area contributed by atoms with Gasteiger partial charge in [-0.2, -0.15) is 0 Å². The van der Waals surface area contributed by atoms with E-state index in [0.29, 0.717) is 6.04 Å². The third kappa shape index (κ3) is 1.82. The normalized spacial score (nSPS) is 29.3. The highest BCUT2D eigenvalue weighted by Crippen LogP contribution is 2.32. The summed E-state index contributed by atoms with van der Waals surface area (Å²) < 4.78 is 0. The number of nitrogens with one attached hydrogen (secondary N) is 1. The Labute approximate surface area is 85.5 Å². The number of aromatic amines is 1. The Kier molecular flexibility index (Phi) is 2.87. The lowest BCUT2D eigenvalue weighted by Gasteiger charge is -2.35. The lowest BCUT2D eigenvalue weighted by atomic mass is 9.89. The van der Waals surface area contributed by atoms with Crippen LogP contribution in [0.4, 0.5) is 0 Å². The highest BCUT2D eigenvalue weighted by Gasteiger charge is 2.27.